The van der Waals surface area contributed by atoms with E-state index in [1.807, 2.05) is 26.0 Å². The van der Waals surface area contributed by atoms with Gasteiger partial charge in [-0.3, -0.25) is 4.99 Å². The molecule has 1 aromatic heterocycles. The van der Waals surface area contributed by atoms with Crippen molar-refractivity contribution in [1.29, 1.82) is 0 Å². The Morgan fingerprint density at radius 3 is 2.71 bits per heavy atom. The van der Waals surface area contributed by atoms with Crippen LogP contribution in [0.2, 0.25) is 0 Å². The number of aliphatic imine (C=N–C) groups is 1. The topological polar surface area (TPSA) is 55.8 Å². The second kappa shape index (κ2) is 10.8. The number of thiazole rings is 1. The minimum Gasteiger partial charge on any atom is -0.369 e. The smallest absolute Gasteiger partial charge is 0.191 e. The van der Waals surface area contributed by atoms with E-state index in [1.54, 1.807) is 11.3 Å². The van der Waals surface area contributed by atoms with E-state index < -0.39 is 0 Å². The molecule has 2 aromatic rings. The van der Waals surface area contributed by atoms with Crippen molar-refractivity contribution >= 4 is 52.1 Å². The highest BCUT2D eigenvalue weighted by atomic mass is 127. The summed E-state index contributed by atoms with van der Waals surface area (Å²) in [6.07, 6.45) is 2.34. The third-order valence-electron chi connectivity index (χ3n) is 4.74. The van der Waals surface area contributed by atoms with Gasteiger partial charge in [0.1, 0.15) is 0 Å². The Labute approximate surface area is 189 Å². The number of aromatic nitrogens is 1. The first-order valence-corrected chi connectivity index (χ1v) is 10.3. The van der Waals surface area contributed by atoms with Crippen LogP contribution in [-0.2, 0) is 6.54 Å². The van der Waals surface area contributed by atoms with E-state index in [4.69, 9.17) is 0 Å². The number of nitrogens with zero attached hydrogens (tertiary/aromatic N) is 4. The van der Waals surface area contributed by atoms with Crippen molar-refractivity contribution in [3.05, 3.63) is 40.9 Å². The predicted octanol–water partition coefficient (Wildman–Crippen LogP) is 3.47. The lowest BCUT2D eigenvalue weighted by atomic mass is 10.0. The van der Waals surface area contributed by atoms with Gasteiger partial charge in [0, 0.05) is 51.3 Å². The molecule has 1 saturated heterocycles. The number of anilines is 2. The summed E-state index contributed by atoms with van der Waals surface area (Å²) in [6.45, 7) is 4.91. The van der Waals surface area contributed by atoms with Crippen molar-refractivity contribution in [2.45, 2.75) is 32.4 Å². The fraction of sp³-hybridized carbons (Fsp3) is 0.500. The van der Waals surface area contributed by atoms with Crippen molar-refractivity contribution in [3.63, 3.8) is 0 Å². The van der Waals surface area contributed by atoms with E-state index in [9.17, 15) is 0 Å². The quantitative estimate of drug-likeness (QED) is 0.364. The first-order valence-electron chi connectivity index (χ1n) is 9.45. The van der Waals surface area contributed by atoms with Crippen LogP contribution in [-0.4, -0.2) is 51.2 Å². The molecule has 154 valence electrons. The van der Waals surface area contributed by atoms with Crippen molar-refractivity contribution in [1.82, 2.24) is 15.6 Å². The van der Waals surface area contributed by atoms with Gasteiger partial charge in [-0.15, -0.1) is 35.3 Å². The summed E-state index contributed by atoms with van der Waals surface area (Å²) in [7, 11) is 5.85. The van der Waals surface area contributed by atoms with Crippen molar-refractivity contribution in [2.75, 3.05) is 44.0 Å². The molecule has 28 heavy (non-hydrogen) atoms. The molecular formula is C20H31IN6S. The first kappa shape index (κ1) is 22.7. The van der Waals surface area contributed by atoms with Gasteiger partial charge < -0.3 is 20.4 Å². The molecular weight excluding hydrogens is 483 g/mol. The first-order chi connectivity index (χ1) is 13.0. The summed E-state index contributed by atoms with van der Waals surface area (Å²) in [5.74, 6) is 0.838. The largest absolute Gasteiger partial charge is 0.369 e. The van der Waals surface area contributed by atoms with E-state index in [0.717, 1.165) is 36.3 Å². The monoisotopic (exact) mass is 514 g/mol. The molecule has 1 fully saturated rings. The third-order valence-corrected chi connectivity index (χ3v) is 5.80. The molecule has 8 heteroatoms. The standard InChI is InChI=1S/C20H30N6S.HI/c1-15-7-9-18(10-8-15)26-11-5-6-16(13-26)23-19(21-2)22-12-17-14-27-20(24-17)25(3)4;/h7-10,14,16H,5-6,11-13H2,1-4H3,(H2,21,22,23);1H. The fourth-order valence-electron chi connectivity index (χ4n) is 3.23. The molecule has 1 aromatic carbocycles. The molecule has 1 aliphatic heterocycles. The molecule has 1 atom stereocenters. The van der Waals surface area contributed by atoms with Gasteiger partial charge in [0.15, 0.2) is 11.1 Å². The van der Waals surface area contributed by atoms with Crippen molar-refractivity contribution in [2.24, 2.45) is 4.99 Å². The number of hydrogen-bond acceptors (Lipinski definition) is 5. The van der Waals surface area contributed by atoms with Gasteiger partial charge in [0.05, 0.1) is 12.2 Å². The van der Waals surface area contributed by atoms with E-state index in [1.165, 1.54) is 17.7 Å². The number of piperidine rings is 1. The van der Waals surface area contributed by atoms with E-state index >= 15 is 0 Å². The average molecular weight is 514 g/mol. The van der Waals surface area contributed by atoms with Crippen molar-refractivity contribution in [3.8, 4) is 0 Å². The van der Waals surface area contributed by atoms with Crippen LogP contribution in [0.3, 0.4) is 0 Å². The minimum absolute atomic E-state index is 0. The highest BCUT2D eigenvalue weighted by molar-refractivity contribution is 14.0. The summed E-state index contributed by atoms with van der Waals surface area (Å²) in [4.78, 5) is 13.5. The highest BCUT2D eigenvalue weighted by Gasteiger charge is 2.21. The lowest BCUT2D eigenvalue weighted by Gasteiger charge is -2.35. The van der Waals surface area contributed by atoms with Crippen LogP contribution in [0.25, 0.3) is 0 Å². The predicted molar refractivity (Wildman–Crippen MR) is 132 cm³/mol. The lowest BCUT2D eigenvalue weighted by Crippen LogP contribution is -2.51. The average Bonchev–Trinajstić information content (AvgIpc) is 3.15. The zero-order valence-corrected chi connectivity index (χ0v) is 20.3. The van der Waals surface area contributed by atoms with Gasteiger partial charge in [-0.25, -0.2) is 4.98 Å². The fourth-order valence-corrected chi connectivity index (χ4v) is 3.99. The van der Waals surface area contributed by atoms with Crippen LogP contribution in [0.1, 0.15) is 24.1 Å². The summed E-state index contributed by atoms with van der Waals surface area (Å²) in [5.41, 5.74) is 3.64. The van der Waals surface area contributed by atoms with Crippen LogP contribution in [0, 0.1) is 6.92 Å². The molecule has 1 unspecified atom stereocenters. The van der Waals surface area contributed by atoms with Gasteiger partial charge in [-0.05, 0) is 31.9 Å². The molecule has 0 radical (unpaired) electrons. The molecule has 6 nitrogen and oxygen atoms in total. The number of guanidine groups is 1. The molecule has 0 saturated carbocycles. The Balaban J connectivity index is 0.00000280. The molecule has 0 amide bonds. The summed E-state index contributed by atoms with van der Waals surface area (Å²) < 4.78 is 0. The molecule has 1 aliphatic rings. The number of hydrogen-bond donors (Lipinski definition) is 2. The molecule has 3 rings (SSSR count). The minimum atomic E-state index is 0. The number of rotatable bonds is 5. The number of aryl methyl sites for hydroxylation is 1. The van der Waals surface area contributed by atoms with Crippen LogP contribution >= 0.6 is 35.3 Å². The highest BCUT2D eigenvalue weighted by Crippen LogP contribution is 2.20. The van der Waals surface area contributed by atoms with Crippen LogP contribution in [0.5, 0.6) is 0 Å². The Morgan fingerprint density at radius 1 is 1.32 bits per heavy atom. The van der Waals surface area contributed by atoms with Crippen LogP contribution in [0.15, 0.2) is 34.6 Å². The van der Waals surface area contributed by atoms with Crippen LogP contribution < -0.4 is 20.4 Å². The maximum absolute atomic E-state index is 4.61. The second-order valence-corrected chi connectivity index (χ2v) is 8.04. The van der Waals surface area contributed by atoms with E-state index in [-0.39, 0.29) is 24.0 Å². The van der Waals surface area contributed by atoms with Gasteiger partial charge in [0.2, 0.25) is 0 Å². The number of nitrogens with one attached hydrogen (secondary N) is 2. The van der Waals surface area contributed by atoms with Gasteiger partial charge in [-0.2, -0.15) is 0 Å². The molecule has 2 N–H and O–H groups in total. The van der Waals surface area contributed by atoms with Crippen LogP contribution in [0.4, 0.5) is 10.8 Å². The normalized spacial score (nSPS) is 17.1. The van der Waals surface area contributed by atoms with Crippen molar-refractivity contribution < 1.29 is 0 Å². The van der Waals surface area contributed by atoms with Gasteiger partial charge >= 0.3 is 0 Å². The Morgan fingerprint density at radius 2 is 2.07 bits per heavy atom. The van der Waals surface area contributed by atoms with Gasteiger partial charge in [0.25, 0.3) is 0 Å². The SMILES string of the molecule is CN=C(NCc1csc(N(C)C)n1)NC1CCCN(c2ccc(C)cc2)C1.I. The number of halogens is 1. The molecule has 0 aliphatic carbocycles. The van der Waals surface area contributed by atoms with E-state index in [0.29, 0.717) is 12.6 Å². The lowest BCUT2D eigenvalue weighted by molar-refractivity contribution is 0.468. The van der Waals surface area contributed by atoms with Gasteiger partial charge in [-0.1, -0.05) is 17.7 Å². The molecule has 0 spiro atoms. The summed E-state index contributed by atoms with van der Waals surface area (Å²) in [5, 5.41) is 10.1. The summed E-state index contributed by atoms with van der Waals surface area (Å²) in [6, 6.07) is 9.19. The Kier molecular flexibility index (Phi) is 8.81. The maximum Gasteiger partial charge on any atom is 0.191 e. The zero-order valence-electron chi connectivity index (χ0n) is 17.1. The second-order valence-electron chi connectivity index (χ2n) is 7.21. The molecule has 2 heterocycles. The molecule has 0 bridgehead atoms. The number of benzene rings is 1. The zero-order chi connectivity index (χ0) is 19.2. The Hall–Kier alpha value is -1.55. The van der Waals surface area contributed by atoms with E-state index in [2.05, 4.69) is 62.1 Å². The third kappa shape index (κ3) is 6.23. The summed E-state index contributed by atoms with van der Waals surface area (Å²) >= 11 is 1.66. The maximum atomic E-state index is 4.61. The Bertz CT molecular complexity index is 758.